The molecule has 5 rings (SSSR count). The Bertz CT molecular complexity index is 1420. The van der Waals surface area contributed by atoms with Crippen LogP contribution in [0.15, 0.2) is 71.6 Å². The number of hydrogen-bond acceptors (Lipinski definition) is 6. The second-order valence-corrected chi connectivity index (χ2v) is 11.4. The molecule has 0 radical (unpaired) electrons. The van der Waals surface area contributed by atoms with Crippen LogP contribution >= 0.6 is 0 Å². The van der Waals surface area contributed by atoms with Crippen molar-refractivity contribution < 1.29 is 22.7 Å². The third-order valence-electron chi connectivity index (χ3n) is 7.21. The molecule has 2 aliphatic heterocycles. The van der Waals surface area contributed by atoms with Gasteiger partial charge in [-0.1, -0.05) is 30.3 Å². The summed E-state index contributed by atoms with van der Waals surface area (Å²) in [7, 11) is -2.05. The molecule has 1 saturated heterocycles. The number of piperazine rings is 1. The van der Waals surface area contributed by atoms with Crippen LogP contribution in [0.3, 0.4) is 0 Å². The standard InChI is InChI=1S/C29H33N3O5S/c1-22-20-24(38(34,35)32-15-7-9-23-8-3-4-10-25(23)32)13-14-27(22)37-21-29(33)31-18-16-30(17-19-31)26-11-5-6-12-28(26)36-2/h3-6,8,10-14,20H,7,9,15-19,21H2,1-2H3. The average molecular weight is 536 g/mol. The van der Waals surface area contributed by atoms with Crippen LogP contribution in [0.5, 0.6) is 11.5 Å². The monoisotopic (exact) mass is 535 g/mol. The summed E-state index contributed by atoms with van der Waals surface area (Å²) in [5.41, 5.74) is 3.48. The van der Waals surface area contributed by atoms with E-state index in [0.717, 1.165) is 35.5 Å². The zero-order valence-electron chi connectivity index (χ0n) is 21.8. The van der Waals surface area contributed by atoms with E-state index in [1.54, 1.807) is 37.1 Å². The van der Waals surface area contributed by atoms with Gasteiger partial charge < -0.3 is 19.3 Å². The number of fused-ring (bicyclic) bond motifs is 1. The molecule has 0 aromatic heterocycles. The molecule has 1 amide bonds. The summed E-state index contributed by atoms with van der Waals surface area (Å²) in [5.74, 6) is 1.23. The third-order valence-corrected chi connectivity index (χ3v) is 9.02. The second-order valence-electron chi connectivity index (χ2n) is 9.57. The predicted octanol–water partition coefficient (Wildman–Crippen LogP) is 3.87. The predicted molar refractivity (Wildman–Crippen MR) is 148 cm³/mol. The fourth-order valence-electron chi connectivity index (χ4n) is 5.14. The largest absolute Gasteiger partial charge is 0.495 e. The minimum Gasteiger partial charge on any atom is -0.495 e. The lowest BCUT2D eigenvalue weighted by Crippen LogP contribution is -2.50. The Morgan fingerprint density at radius 1 is 0.868 bits per heavy atom. The molecule has 0 N–H and O–H groups in total. The zero-order valence-corrected chi connectivity index (χ0v) is 22.6. The van der Waals surface area contributed by atoms with Crippen molar-refractivity contribution in [3.8, 4) is 11.5 Å². The van der Waals surface area contributed by atoms with E-state index in [4.69, 9.17) is 9.47 Å². The highest BCUT2D eigenvalue weighted by atomic mass is 32.2. The van der Waals surface area contributed by atoms with E-state index in [0.29, 0.717) is 44.0 Å². The molecule has 200 valence electrons. The number of aryl methyl sites for hydroxylation is 2. The Morgan fingerprint density at radius 3 is 2.32 bits per heavy atom. The molecule has 0 unspecified atom stereocenters. The minimum absolute atomic E-state index is 0.0919. The Balaban J connectivity index is 1.20. The number of rotatable bonds is 7. The Hall–Kier alpha value is -3.72. The number of methoxy groups -OCH3 is 1. The maximum atomic E-state index is 13.5. The highest BCUT2D eigenvalue weighted by Gasteiger charge is 2.29. The number of nitrogens with zero attached hydrogens (tertiary/aromatic N) is 3. The van der Waals surface area contributed by atoms with Gasteiger partial charge in [0.1, 0.15) is 11.5 Å². The van der Waals surface area contributed by atoms with Crippen molar-refractivity contribution in [3.05, 3.63) is 77.9 Å². The average Bonchev–Trinajstić information content (AvgIpc) is 2.96. The van der Waals surface area contributed by atoms with Gasteiger partial charge in [0.05, 0.1) is 23.4 Å². The van der Waals surface area contributed by atoms with Crippen molar-refractivity contribution in [2.75, 3.05) is 55.6 Å². The maximum Gasteiger partial charge on any atom is 0.264 e. The number of hydrogen-bond donors (Lipinski definition) is 0. The van der Waals surface area contributed by atoms with Crippen molar-refractivity contribution in [3.63, 3.8) is 0 Å². The summed E-state index contributed by atoms with van der Waals surface area (Å²) in [5, 5.41) is 0. The van der Waals surface area contributed by atoms with Gasteiger partial charge in [-0.05, 0) is 67.3 Å². The van der Waals surface area contributed by atoms with Gasteiger partial charge in [0.2, 0.25) is 0 Å². The molecule has 0 atom stereocenters. The Morgan fingerprint density at radius 2 is 1.58 bits per heavy atom. The fourth-order valence-corrected chi connectivity index (χ4v) is 6.77. The number of carbonyl (C=O) groups is 1. The summed E-state index contributed by atoms with van der Waals surface area (Å²) in [4.78, 5) is 17.1. The van der Waals surface area contributed by atoms with Crippen molar-refractivity contribution in [1.82, 2.24) is 4.90 Å². The number of benzene rings is 3. The van der Waals surface area contributed by atoms with Gasteiger partial charge in [-0.3, -0.25) is 9.10 Å². The molecule has 2 heterocycles. The van der Waals surface area contributed by atoms with Crippen molar-refractivity contribution in [1.29, 1.82) is 0 Å². The first-order valence-corrected chi connectivity index (χ1v) is 14.3. The van der Waals surface area contributed by atoms with E-state index in [9.17, 15) is 13.2 Å². The van der Waals surface area contributed by atoms with Gasteiger partial charge >= 0.3 is 0 Å². The molecule has 8 nitrogen and oxygen atoms in total. The van der Waals surface area contributed by atoms with Crippen molar-refractivity contribution in [2.45, 2.75) is 24.7 Å². The Labute approximate surface area is 224 Å². The lowest BCUT2D eigenvalue weighted by atomic mass is 10.0. The maximum absolute atomic E-state index is 13.5. The highest BCUT2D eigenvalue weighted by molar-refractivity contribution is 7.92. The topological polar surface area (TPSA) is 79.4 Å². The van der Waals surface area contributed by atoms with Crippen LogP contribution in [0.25, 0.3) is 0 Å². The van der Waals surface area contributed by atoms with Crippen LogP contribution in [0, 0.1) is 6.92 Å². The third kappa shape index (κ3) is 5.15. The first kappa shape index (κ1) is 25.9. The van der Waals surface area contributed by atoms with E-state index in [-0.39, 0.29) is 17.4 Å². The van der Waals surface area contributed by atoms with E-state index in [1.807, 2.05) is 48.5 Å². The quantitative estimate of drug-likeness (QED) is 0.457. The van der Waals surface area contributed by atoms with Crippen LogP contribution in [0.4, 0.5) is 11.4 Å². The SMILES string of the molecule is COc1ccccc1N1CCN(C(=O)COc2ccc(S(=O)(=O)N3CCCc4ccccc43)cc2C)CC1. The smallest absolute Gasteiger partial charge is 0.264 e. The minimum atomic E-state index is -3.71. The first-order chi connectivity index (χ1) is 18.4. The summed E-state index contributed by atoms with van der Waals surface area (Å²) >= 11 is 0. The highest BCUT2D eigenvalue weighted by Crippen LogP contribution is 2.33. The number of anilines is 2. The van der Waals surface area contributed by atoms with E-state index in [2.05, 4.69) is 4.90 Å². The Kier molecular flexibility index (Phi) is 7.46. The molecule has 38 heavy (non-hydrogen) atoms. The molecule has 3 aromatic rings. The molecule has 0 spiro atoms. The lowest BCUT2D eigenvalue weighted by Gasteiger charge is -2.36. The first-order valence-electron chi connectivity index (χ1n) is 12.9. The number of ether oxygens (including phenoxy) is 2. The summed E-state index contributed by atoms with van der Waals surface area (Å²) in [6, 6.07) is 20.4. The molecule has 9 heteroatoms. The normalized spacial score (nSPS) is 15.7. The van der Waals surface area contributed by atoms with Gasteiger partial charge in [0.25, 0.3) is 15.9 Å². The van der Waals surface area contributed by atoms with Gasteiger partial charge in [-0.15, -0.1) is 0 Å². The number of carbonyl (C=O) groups excluding carboxylic acids is 1. The van der Waals surface area contributed by atoms with Gasteiger partial charge in [0, 0.05) is 32.7 Å². The number of para-hydroxylation sites is 3. The van der Waals surface area contributed by atoms with Crippen molar-refractivity contribution in [2.24, 2.45) is 0 Å². The van der Waals surface area contributed by atoms with Crippen LogP contribution in [0.1, 0.15) is 17.5 Å². The van der Waals surface area contributed by atoms with E-state index in [1.165, 1.54) is 4.31 Å². The molecule has 2 aliphatic rings. The molecule has 0 aliphatic carbocycles. The molecule has 0 saturated carbocycles. The molecule has 0 bridgehead atoms. The second kappa shape index (κ2) is 10.9. The van der Waals surface area contributed by atoms with Gasteiger partial charge in [-0.25, -0.2) is 8.42 Å². The lowest BCUT2D eigenvalue weighted by molar-refractivity contribution is -0.133. The zero-order chi connectivity index (χ0) is 26.7. The van der Waals surface area contributed by atoms with Crippen LogP contribution in [0.2, 0.25) is 0 Å². The summed E-state index contributed by atoms with van der Waals surface area (Å²) < 4.78 is 39.7. The van der Waals surface area contributed by atoms with E-state index >= 15 is 0 Å². The van der Waals surface area contributed by atoms with E-state index < -0.39 is 10.0 Å². The van der Waals surface area contributed by atoms with Crippen LogP contribution in [-0.2, 0) is 21.2 Å². The summed E-state index contributed by atoms with van der Waals surface area (Å²) in [6.07, 6.45) is 1.66. The molecule has 3 aromatic carbocycles. The number of sulfonamides is 1. The van der Waals surface area contributed by atoms with Crippen LogP contribution in [-0.4, -0.2) is 65.7 Å². The van der Waals surface area contributed by atoms with Crippen molar-refractivity contribution >= 4 is 27.3 Å². The van der Waals surface area contributed by atoms with Gasteiger partial charge in [0.15, 0.2) is 6.61 Å². The van der Waals surface area contributed by atoms with Gasteiger partial charge in [-0.2, -0.15) is 0 Å². The molecular formula is C29H33N3O5S. The fraction of sp³-hybridized carbons (Fsp3) is 0.345. The molecule has 1 fully saturated rings. The number of amides is 1. The summed E-state index contributed by atoms with van der Waals surface area (Å²) in [6.45, 7) is 4.75. The van der Waals surface area contributed by atoms with Crippen LogP contribution < -0.4 is 18.7 Å². The molecular weight excluding hydrogens is 502 g/mol.